The molecule has 1 amide bonds. The summed E-state index contributed by atoms with van der Waals surface area (Å²) in [6.45, 7) is 0.555. The van der Waals surface area contributed by atoms with E-state index in [-0.39, 0.29) is 11.8 Å². The maximum Gasteiger partial charge on any atom is 0.223 e. The van der Waals surface area contributed by atoms with Gasteiger partial charge in [0, 0.05) is 31.1 Å². The van der Waals surface area contributed by atoms with E-state index in [1.165, 1.54) is 12.8 Å². The second-order valence-corrected chi connectivity index (χ2v) is 5.19. The predicted octanol–water partition coefficient (Wildman–Crippen LogP) is 2.07. The first-order valence-electron chi connectivity index (χ1n) is 7.04. The molecule has 104 valence electrons. The molecule has 3 rings (SSSR count). The van der Waals surface area contributed by atoms with Gasteiger partial charge in [0.2, 0.25) is 5.91 Å². The molecule has 1 N–H and O–H groups in total. The number of pyridine rings is 1. The molecule has 0 radical (unpaired) electrons. The number of nitrogens with zero attached hydrogens (tertiary/aromatic N) is 3. The van der Waals surface area contributed by atoms with Crippen LogP contribution >= 0.6 is 0 Å². The van der Waals surface area contributed by atoms with Crippen molar-refractivity contribution in [3.63, 3.8) is 0 Å². The van der Waals surface area contributed by atoms with Crippen LogP contribution in [0.25, 0.3) is 5.82 Å². The summed E-state index contributed by atoms with van der Waals surface area (Å²) in [7, 11) is 0. The molecule has 0 atom stereocenters. The molecular weight excluding hydrogens is 252 g/mol. The zero-order valence-electron chi connectivity index (χ0n) is 11.3. The van der Waals surface area contributed by atoms with Crippen molar-refractivity contribution in [1.82, 2.24) is 19.9 Å². The van der Waals surface area contributed by atoms with Crippen molar-refractivity contribution in [3.8, 4) is 5.82 Å². The maximum atomic E-state index is 12.0. The van der Waals surface area contributed by atoms with Crippen LogP contribution in [0.1, 0.15) is 31.2 Å². The summed E-state index contributed by atoms with van der Waals surface area (Å²) >= 11 is 0. The van der Waals surface area contributed by atoms with Gasteiger partial charge in [-0.05, 0) is 30.5 Å². The zero-order chi connectivity index (χ0) is 13.8. The van der Waals surface area contributed by atoms with E-state index in [2.05, 4.69) is 15.3 Å². The van der Waals surface area contributed by atoms with E-state index in [9.17, 15) is 4.79 Å². The highest BCUT2D eigenvalue weighted by Gasteiger charge is 2.22. The van der Waals surface area contributed by atoms with Gasteiger partial charge in [-0.2, -0.15) is 0 Å². The summed E-state index contributed by atoms with van der Waals surface area (Å²) in [6, 6.07) is 3.89. The third kappa shape index (κ3) is 2.87. The first-order chi connectivity index (χ1) is 9.83. The van der Waals surface area contributed by atoms with Gasteiger partial charge < -0.3 is 5.32 Å². The summed E-state index contributed by atoms with van der Waals surface area (Å²) in [6.07, 6.45) is 11.5. The van der Waals surface area contributed by atoms with Gasteiger partial charge in [0.05, 0.1) is 0 Å². The number of carbonyl (C=O) groups is 1. The van der Waals surface area contributed by atoms with Crippen molar-refractivity contribution < 1.29 is 4.79 Å². The number of imidazole rings is 1. The molecule has 0 bridgehead atoms. The van der Waals surface area contributed by atoms with E-state index in [1.807, 2.05) is 22.9 Å². The molecule has 2 aromatic rings. The molecule has 1 saturated carbocycles. The summed E-state index contributed by atoms with van der Waals surface area (Å²) in [5, 5.41) is 3.02. The molecule has 2 heterocycles. The number of hydrogen-bond acceptors (Lipinski definition) is 3. The fraction of sp³-hybridized carbons (Fsp3) is 0.400. The standard InChI is InChI=1S/C15H18N4O/c20-15(13-3-1-2-4-13)18-10-12-5-6-17-14(9-12)19-8-7-16-11-19/h5-9,11,13H,1-4,10H2,(H,18,20). The van der Waals surface area contributed by atoms with Crippen LogP contribution in [0.2, 0.25) is 0 Å². The average molecular weight is 270 g/mol. The molecular formula is C15H18N4O. The highest BCUT2D eigenvalue weighted by molar-refractivity contribution is 5.78. The molecule has 1 aliphatic rings. The third-order valence-corrected chi connectivity index (χ3v) is 3.77. The van der Waals surface area contributed by atoms with Gasteiger partial charge in [0.1, 0.15) is 12.1 Å². The van der Waals surface area contributed by atoms with Crippen LogP contribution in [-0.2, 0) is 11.3 Å². The minimum atomic E-state index is 0.184. The highest BCUT2D eigenvalue weighted by atomic mass is 16.1. The Balaban J connectivity index is 1.63. The summed E-state index contributed by atoms with van der Waals surface area (Å²) in [5.41, 5.74) is 1.05. The SMILES string of the molecule is O=C(NCc1ccnc(-n2ccnc2)c1)C1CCCC1. The number of aromatic nitrogens is 3. The third-order valence-electron chi connectivity index (χ3n) is 3.77. The van der Waals surface area contributed by atoms with Crippen molar-refractivity contribution >= 4 is 5.91 Å². The molecule has 5 nitrogen and oxygen atoms in total. The fourth-order valence-corrected chi connectivity index (χ4v) is 2.63. The van der Waals surface area contributed by atoms with E-state index in [0.717, 1.165) is 24.2 Å². The lowest BCUT2D eigenvalue weighted by atomic mass is 10.1. The topological polar surface area (TPSA) is 59.8 Å². The van der Waals surface area contributed by atoms with Crippen LogP contribution in [0.4, 0.5) is 0 Å². The largest absolute Gasteiger partial charge is 0.352 e. The predicted molar refractivity (Wildman–Crippen MR) is 75.2 cm³/mol. The van der Waals surface area contributed by atoms with E-state index in [0.29, 0.717) is 6.54 Å². The van der Waals surface area contributed by atoms with Gasteiger partial charge in [-0.3, -0.25) is 9.36 Å². The van der Waals surface area contributed by atoms with Gasteiger partial charge in [0.25, 0.3) is 0 Å². The second-order valence-electron chi connectivity index (χ2n) is 5.19. The Hall–Kier alpha value is -2.17. The molecule has 0 unspecified atom stereocenters. The Labute approximate surface area is 118 Å². The molecule has 0 spiro atoms. The summed E-state index contributed by atoms with van der Waals surface area (Å²) in [4.78, 5) is 20.3. The Morgan fingerprint density at radius 2 is 2.20 bits per heavy atom. The summed E-state index contributed by atoms with van der Waals surface area (Å²) < 4.78 is 1.85. The molecule has 2 aromatic heterocycles. The van der Waals surface area contributed by atoms with E-state index in [1.54, 1.807) is 18.7 Å². The van der Waals surface area contributed by atoms with Crippen molar-refractivity contribution in [2.45, 2.75) is 32.2 Å². The maximum absolute atomic E-state index is 12.0. The molecule has 0 aromatic carbocycles. The molecule has 0 aliphatic heterocycles. The summed E-state index contributed by atoms with van der Waals surface area (Å²) in [5.74, 6) is 1.21. The van der Waals surface area contributed by atoms with Crippen LogP contribution in [0.5, 0.6) is 0 Å². The molecule has 5 heteroatoms. The number of carbonyl (C=O) groups excluding carboxylic acids is 1. The Kier molecular flexibility index (Phi) is 3.76. The van der Waals surface area contributed by atoms with Crippen LogP contribution in [0, 0.1) is 5.92 Å². The second kappa shape index (κ2) is 5.86. The number of nitrogens with one attached hydrogen (secondary N) is 1. The normalized spacial score (nSPS) is 15.4. The van der Waals surface area contributed by atoms with E-state index < -0.39 is 0 Å². The Bertz CT molecular complexity index is 573. The molecule has 1 fully saturated rings. The quantitative estimate of drug-likeness (QED) is 0.925. The number of rotatable bonds is 4. The van der Waals surface area contributed by atoms with Gasteiger partial charge in [-0.1, -0.05) is 12.8 Å². The lowest BCUT2D eigenvalue weighted by Crippen LogP contribution is -2.28. The lowest BCUT2D eigenvalue weighted by molar-refractivity contribution is -0.124. The van der Waals surface area contributed by atoms with Crippen LogP contribution in [0.3, 0.4) is 0 Å². The van der Waals surface area contributed by atoms with Crippen LogP contribution < -0.4 is 5.32 Å². The van der Waals surface area contributed by atoms with Crippen LogP contribution in [0.15, 0.2) is 37.1 Å². The average Bonchev–Trinajstić information content (AvgIpc) is 3.17. The Morgan fingerprint density at radius 3 is 2.95 bits per heavy atom. The molecule has 20 heavy (non-hydrogen) atoms. The number of hydrogen-bond donors (Lipinski definition) is 1. The zero-order valence-corrected chi connectivity index (χ0v) is 11.3. The molecule has 1 aliphatic carbocycles. The minimum Gasteiger partial charge on any atom is -0.352 e. The minimum absolute atomic E-state index is 0.184. The molecule has 0 saturated heterocycles. The van der Waals surface area contributed by atoms with Gasteiger partial charge in [-0.25, -0.2) is 9.97 Å². The van der Waals surface area contributed by atoms with Crippen molar-refractivity contribution in [1.29, 1.82) is 0 Å². The van der Waals surface area contributed by atoms with Crippen LogP contribution in [-0.4, -0.2) is 20.4 Å². The van der Waals surface area contributed by atoms with Gasteiger partial charge in [0.15, 0.2) is 0 Å². The Morgan fingerprint density at radius 1 is 1.35 bits per heavy atom. The lowest BCUT2D eigenvalue weighted by Gasteiger charge is -2.11. The van der Waals surface area contributed by atoms with E-state index >= 15 is 0 Å². The first-order valence-corrected chi connectivity index (χ1v) is 7.04. The van der Waals surface area contributed by atoms with Gasteiger partial charge >= 0.3 is 0 Å². The smallest absolute Gasteiger partial charge is 0.223 e. The van der Waals surface area contributed by atoms with Crippen molar-refractivity contribution in [3.05, 3.63) is 42.6 Å². The number of amides is 1. The fourth-order valence-electron chi connectivity index (χ4n) is 2.63. The van der Waals surface area contributed by atoms with Crippen molar-refractivity contribution in [2.24, 2.45) is 5.92 Å². The monoisotopic (exact) mass is 270 g/mol. The highest BCUT2D eigenvalue weighted by Crippen LogP contribution is 2.24. The van der Waals surface area contributed by atoms with E-state index in [4.69, 9.17) is 0 Å². The van der Waals surface area contributed by atoms with Crippen molar-refractivity contribution in [2.75, 3.05) is 0 Å². The van der Waals surface area contributed by atoms with Gasteiger partial charge in [-0.15, -0.1) is 0 Å². The first kappa shape index (κ1) is 12.8.